The van der Waals surface area contributed by atoms with Gasteiger partial charge in [-0.3, -0.25) is 14.2 Å². The quantitative estimate of drug-likeness (QED) is 0.351. The zero-order valence-electron chi connectivity index (χ0n) is 18.1. The van der Waals surface area contributed by atoms with Crippen molar-refractivity contribution in [1.82, 2.24) is 14.9 Å². The monoisotopic (exact) mass is 523 g/mol. The maximum atomic E-state index is 13.2. The molecule has 1 N–H and O–H groups in total. The molecule has 0 bridgehead atoms. The number of hydrogen-bond donors (Lipinski definition) is 1. The highest BCUT2D eigenvalue weighted by Crippen LogP contribution is 2.33. The third kappa shape index (κ3) is 5.41. The molecule has 35 heavy (non-hydrogen) atoms. The summed E-state index contributed by atoms with van der Waals surface area (Å²) in [5.74, 6) is -1.55. The molecule has 0 aliphatic heterocycles. The first-order valence-electron chi connectivity index (χ1n) is 10.1. The number of hydrogen-bond acceptors (Lipinski definition) is 6. The predicted octanol–water partition coefficient (Wildman–Crippen LogP) is 4.83. The van der Waals surface area contributed by atoms with Crippen molar-refractivity contribution < 1.29 is 27.4 Å². The Hall–Kier alpha value is -3.57. The molecular formula is C23H17ClF3N3O4S. The molecule has 2 heterocycles. The lowest BCUT2D eigenvalue weighted by atomic mass is 10.2. The molecule has 4 aromatic rings. The van der Waals surface area contributed by atoms with E-state index >= 15 is 0 Å². The van der Waals surface area contributed by atoms with Gasteiger partial charge in [0.05, 0.1) is 24.9 Å². The number of carbonyl (C=O) groups excluding carboxylic acids is 1. The standard InChI is InChI=1S/C23H17ClF3N3O4S/c1-33-18-10-15(6-7-17(18)34-9-8-28-22(32)23(25,26)27)30-12-29-16-11-19(35-20(16)21(30)31)13-2-4-14(24)5-3-13/h2-7,10-12H,8-9H2,1H3,(H,28,32). The van der Waals surface area contributed by atoms with Crippen LogP contribution in [0.2, 0.25) is 5.02 Å². The van der Waals surface area contributed by atoms with Crippen LogP contribution in [0.5, 0.6) is 11.5 Å². The summed E-state index contributed by atoms with van der Waals surface area (Å²) in [5.41, 5.74) is 1.66. The van der Waals surface area contributed by atoms with Gasteiger partial charge in [0.15, 0.2) is 11.5 Å². The minimum Gasteiger partial charge on any atom is -0.493 e. The van der Waals surface area contributed by atoms with E-state index in [2.05, 4.69) is 4.98 Å². The molecule has 0 saturated heterocycles. The summed E-state index contributed by atoms with van der Waals surface area (Å²) in [5, 5.41) is 2.33. The van der Waals surface area contributed by atoms with Gasteiger partial charge in [-0.05, 0) is 35.9 Å². The number of amides is 1. The van der Waals surface area contributed by atoms with E-state index in [0.717, 1.165) is 10.4 Å². The lowest BCUT2D eigenvalue weighted by molar-refractivity contribution is -0.173. The third-order valence-corrected chi connectivity index (χ3v) is 6.31. The number of ether oxygens (including phenoxy) is 2. The second kappa shape index (κ2) is 9.96. The third-order valence-electron chi connectivity index (χ3n) is 4.89. The Kier molecular flexibility index (Phi) is 6.99. The first-order valence-corrected chi connectivity index (χ1v) is 11.3. The van der Waals surface area contributed by atoms with E-state index in [-0.39, 0.29) is 30.2 Å². The first kappa shape index (κ1) is 24.6. The highest BCUT2D eigenvalue weighted by Gasteiger charge is 2.38. The van der Waals surface area contributed by atoms with E-state index in [1.165, 1.54) is 35.4 Å². The first-order chi connectivity index (χ1) is 16.7. The Morgan fingerprint density at radius 2 is 1.89 bits per heavy atom. The van der Waals surface area contributed by atoms with Gasteiger partial charge < -0.3 is 14.8 Å². The van der Waals surface area contributed by atoms with Crippen LogP contribution in [-0.2, 0) is 4.79 Å². The number of carbonyl (C=O) groups is 1. The predicted molar refractivity (Wildman–Crippen MR) is 127 cm³/mol. The van der Waals surface area contributed by atoms with Crippen LogP contribution in [0.4, 0.5) is 13.2 Å². The molecule has 4 rings (SSSR count). The molecule has 12 heteroatoms. The van der Waals surface area contributed by atoms with Crippen LogP contribution in [0.3, 0.4) is 0 Å². The SMILES string of the molecule is COc1cc(-n2cnc3cc(-c4ccc(Cl)cc4)sc3c2=O)ccc1OCCNC(=O)C(F)(F)F. The Bertz CT molecular complexity index is 1430. The number of rotatable bonds is 7. The van der Waals surface area contributed by atoms with Crippen molar-refractivity contribution in [1.29, 1.82) is 0 Å². The lowest BCUT2D eigenvalue weighted by Crippen LogP contribution is -2.38. The summed E-state index contributed by atoms with van der Waals surface area (Å²) in [6.45, 7) is -0.564. The largest absolute Gasteiger partial charge is 0.493 e. The van der Waals surface area contributed by atoms with Crippen LogP contribution in [-0.4, -0.2) is 41.9 Å². The van der Waals surface area contributed by atoms with E-state index in [1.807, 2.05) is 18.2 Å². The molecule has 0 saturated carbocycles. The number of alkyl halides is 3. The van der Waals surface area contributed by atoms with Gasteiger partial charge >= 0.3 is 12.1 Å². The molecular weight excluding hydrogens is 507 g/mol. The average Bonchev–Trinajstić information content (AvgIpc) is 3.27. The van der Waals surface area contributed by atoms with Crippen molar-refractivity contribution in [2.75, 3.05) is 20.3 Å². The van der Waals surface area contributed by atoms with Gasteiger partial charge in [0.25, 0.3) is 5.56 Å². The van der Waals surface area contributed by atoms with E-state index in [0.29, 0.717) is 20.9 Å². The molecule has 0 aliphatic carbocycles. The summed E-state index contributed by atoms with van der Waals surface area (Å²) in [4.78, 5) is 29.3. The highest BCUT2D eigenvalue weighted by molar-refractivity contribution is 7.22. The van der Waals surface area contributed by atoms with Gasteiger partial charge in [-0.1, -0.05) is 23.7 Å². The molecule has 1 amide bonds. The fourth-order valence-electron chi connectivity index (χ4n) is 3.20. The molecule has 182 valence electrons. The molecule has 2 aromatic carbocycles. The topological polar surface area (TPSA) is 82.5 Å². The molecule has 0 aliphatic rings. The van der Waals surface area contributed by atoms with Crippen molar-refractivity contribution in [3.05, 3.63) is 70.2 Å². The maximum Gasteiger partial charge on any atom is 0.471 e. The normalized spacial score (nSPS) is 11.5. The van der Waals surface area contributed by atoms with Gasteiger partial charge in [0.2, 0.25) is 0 Å². The molecule has 0 spiro atoms. The Balaban J connectivity index is 1.55. The molecule has 2 aromatic heterocycles. The van der Waals surface area contributed by atoms with E-state index in [9.17, 15) is 22.8 Å². The molecule has 0 atom stereocenters. The van der Waals surface area contributed by atoms with Crippen LogP contribution < -0.4 is 20.3 Å². The minimum atomic E-state index is -4.96. The minimum absolute atomic E-state index is 0.215. The summed E-state index contributed by atoms with van der Waals surface area (Å²) < 4.78 is 49.3. The van der Waals surface area contributed by atoms with Gasteiger partial charge in [-0.25, -0.2) is 4.98 Å². The number of benzene rings is 2. The van der Waals surface area contributed by atoms with Gasteiger partial charge in [-0.2, -0.15) is 13.2 Å². The van der Waals surface area contributed by atoms with Crippen LogP contribution in [0.1, 0.15) is 0 Å². The number of nitrogens with one attached hydrogen (secondary N) is 1. The summed E-state index contributed by atoms with van der Waals surface area (Å²) in [6, 6.07) is 13.8. The zero-order valence-corrected chi connectivity index (χ0v) is 19.6. The number of methoxy groups -OCH3 is 1. The van der Waals surface area contributed by atoms with Crippen molar-refractivity contribution in [2.24, 2.45) is 0 Å². The molecule has 7 nitrogen and oxygen atoms in total. The van der Waals surface area contributed by atoms with Crippen molar-refractivity contribution in [3.63, 3.8) is 0 Å². The Labute approximate surface area is 205 Å². The van der Waals surface area contributed by atoms with Crippen molar-refractivity contribution >= 4 is 39.1 Å². The number of nitrogens with zero attached hydrogens (tertiary/aromatic N) is 2. The van der Waals surface area contributed by atoms with Crippen LogP contribution >= 0.6 is 22.9 Å². The van der Waals surface area contributed by atoms with Crippen molar-refractivity contribution in [3.8, 4) is 27.6 Å². The number of fused-ring (bicyclic) bond motifs is 1. The smallest absolute Gasteiger partial charge is 0.471 e. The van der Waals surface area contributed by atoms with Crippen LogP contribution in [0, 0.1) is 0 Å². The van der Waals surface area contributed by atoms with Gasteiger partial charge in [-0.15, -0.1) is 11.3 Å². The number of halogens is 4. The Morgan fingerprint density at radius 1 is 1.14 bits per heavy atom. The van der Waals surface area contributed by atoms with E-state index in [1.54, 1.807) is 29.6 Å². The molecule has 0 fully saturated rings. The number of thiophene rings is 1. The van der Waals surface area contributed by atoms with E-state index < -0.39 is 12.1 Å². The van der Waals surface area contributed by atoms with Crippen LogP contribution in [0.15, 0.2) is 59.7 Å². The zero-order chi connectivity index (χ0) is 25.2. The van der Waals surface area contributed by atoms with Crippen molar-refractivity contribution in [2.45, 2.75) is 6.18 Å². The number of aromatic nitrogens is 2. The Morgan fingerprint density at radius 3 is 2.57 bits per heavy atom. The highest BCUT2D eigenvalue weighted by atomic mass is 35.5. The fourth-order valence-corrected chi connectivity index (χ4v) is 4.38. The average molecular weight is 524 g/mol. The summed E-state index contributed by atoms with van der Waals surface area (Å²) >= 11 is 7.27. The molecule has 0 unspecified atom stereocenters. The van der Waals surface area contributed by atoms with Crippen LogP contribution in [0.25, 0.3) is 26.3 Å². The lowest BCUT2D eigenvalue weighted by Gasteiger charge is -2.13. The summed E-state index contributed by atoms with van der Waals surface area (Å²) in [7, 11) is 1.39. The second-order valence-corrected chi connectivity index (χ2v) is 8.68. The van der Waals surface area contributed by atoms with Gasteiger partial charge in [0, 0.05) is 16.0 Å². The van der Waals surface area contributed by atoms with Gasteiger partial charge in [0.1, 0.15) is 17.6 Å². The fraction of sp³-hybridized carbons (Fsp3) is 0.174. The van der Waals surface area contributed by atoms with E-state index in [4.69, 9.17) is 21.1 Å². The second-order valence-electron chi connectivity index (χ2n) is 7.19. The maximum absolute atomic E-state index is 13.2. The molecule has 0 radical (unpaired) electrons. The summed E-state index contributed by atoms with van der Waals surface area (Å²) in [6.07, 6.45) is -3.55.